The first-order valence-electron chi connectivity index (χ1n) is 5.03. The van der Waals surface area contributed by atoms with E-state index in [9.17, 15) is 4.79 Å². The van der Waals surface area contributed by atoms with Gasteiger partial charge < -0.3 is 20.4 Å². The van der Waals surface area contributed by atoms with Gasteiger partial charge in [0.1, 0.15) is 0 Å². The first-order chi connectivity index (χ1) is 6.74. The van der Waals surface area contributed by atoms with Crippen molar-refractivity contribution in [2.45, 2.75) is 12.8 Å². The summed E-state index contributed by atoms with van der Waals surface area (Å²) in [5.41, 5.74) is 0. The van der Waals surface area contributed by atoms with Gasteiger partial charge in [-0.15, -0.1) is 0 Å². The van der Waals surface area contributed by atoms with Gasteiger partial charge in [0.15, 0.2) is 0 Å². The summed E-state index contributed by atoms with van der Waals surface area (Å²) in [5, 5.41) is 20.4. The van der Waals surface area contributed by atoms with Crippen LogP contribution in [-0.2, 0) is 0 Å². The van der Waals surface area contributed by atoms with Gasteiger partial charge in [-0.05, 0) is 25.3 Å². The molecule has 0 bridgehead atoms. The van der Waals surface area contributed by atoms with Crippen LogP contribution in [0.1, 0.15) is 12.8 Å². The van der Waals surface area contributed by atoms with Gasteiger partial charge in [0.05, 0.1) is 6.61 Å². The van der Waals surface area contributed by atoms with E-state index in [0.29, 0.717) is 25.6 Å². The Kier molecular flexibility index (Phi) is 4.69. The zero-order chi connectivity index (χ0) is 10.4. The molecule has 1 fully saturated rings. The number of carboxylic acid groups (broad SMARTS) is 1. The van der Waals surface area contributed by atoms with Gasteiger partial charge in [-0.25, -0.2) is 4.79 Å². The summed E-state index contributed by atoms with van der Waals surface area (Å²) in [6.45, 7) is 2.95. The molecule has 0 aromatic carbocycles. The molecule has 0 atom stereocenters. The van der Waals surface area contributed by atoms with Crippen molar-refractivity contribution in [1.29, 1.82) is 0 Å². The van der Waals surface area contributed by atoms with Gasteiger partial charge >= 0.3 is 6.09 Å². The van der Waals surface area contributed by atoms with E-state index in [1.54, 1.807) is 0 Å². The average Bonchev–Trinajstić information content (AvgIpc) is 2.19. The smallest absolute Gasteiger partial charge is 0.407 e. The number of aliphatic hydroxyl groups is 1. The van der Waals surface area contributed by atoms with Crippen LogP contribution in [-0.4, -0.2) is 54.0 Å². The minimum Gasteiger partial charge on any atom is -0.465 e. The van der Waals surface area contributed by atoms with E-state index in [0.717, 1.165) is 19.4 Å². The van der Waals surface area contributed by atoms with Gasteiger partial charge in [-0.2, -0.15) is 0 Å². The normalized spacial score (nSPS) is 18.5. The summed E-state index contributed by atoms with van der Waals surface area (Å²) >= 11 is 0. The maximum Gasteiger partial charge on any atom is 0.407 e. The van der Waals surface area contributed by atoms with E-state index in [4.69, 9.17) is 10.2 Å². The number of rotatable bonds is 4. The van der Waals surface area contributed by atoms with Crippen LogP contribution in [0.25, 0.3) is 0 Å². The topological polar surface area (TPSA) is 72.8 Å². The van der Waals surface area contributed by atoms with Gasteiger partial charge in [0, 0.05) is 19.6 Å². The summed E-state index contributed by atoms with van der Waals surface area (Å²) in [7, 11) is 0. The van der Waals surface area contributed by atoms with Crippen molar-refractivity contribution in [3.05, 3.63) is 0 Å². The number of nitrogens with zero attached hydrogens (tertiary/aromatic N) is 1. The molecule has 82 valence electrons. The Bertz CT molecular complexity index is 179. The molecular weight excluding hydrogens is 184 g/mol. The lowest BCUT2D eigenvalue weighted by atomic mass is 9.97. The van der Waals surface area contributed by atoms with E-state index in [2.05, 4.69) is 5.32 Å². The second-order valence-corrected chi connectivity index (χ2v) is 3.64. The molecule has 5 nitrogen and oxygen atoms in total. The Morgan fingerprint density at radius 1 is 1.43 bits per heavy atom. The highest BCUT2D eigenvalue weighted by Crippen LogP contribution is 2.15. The van der Waals surface area contributed by atoms with Crippen molar-refractivity contribution in [3.8, 4) is 0 Å². The van der Waals surface area contributed by atoms with Crippen molar-refractivity contribution in [2.75, 3.05) is 32.8 Å². The van der Waals surface area contributed by atoms with Gasteiger partial charge in [0.25, 0.3) is 0 Å². The van der Waals surface area contributed by atoms with Crippen LogP contribution in [0.4, 0.5) is 4.79 Å². The van der Waals surface area contributed by atoms with Crippen LogP contribution in [0.3, 0.4) is 0 Å². The van der Waals surface area contributed by atoms with Crippen molar-refractivity contribution < 1.29 is 15.0 Å². The van der Waals surface area contributed by atoms with Gasteiger partial charge in [0.2, 0.25) is 0 Å². The molecule has 0 radical (unpaired) electrons. The number of likely N-dealkylation sites (tertiary alicyclic amines) is 1. The number of piperidine rings is 1. The Labute approximate surface area is 83.7 Å². The second-order valence-electron chi connectivity index (χ2n) is 3.64. The maximum absolute atomic E-state index is 10.6. The highest BCUT2D eigenvalue weighted by Gasteiger charge is 2.21. The van der Waals surface area contributed by atoms with E-state index in [-0.39, 0.29) is 6.61 Å². The molecule has 1 saturated heterocycles. The molecule has 0 aromatic heterocycles. The number of aliphatic hydroxyl groups excluding tert-OH is 1. The molecule has 1 rings (SSSR count). The van der Waals surface area contributed by atoms with E-state index < -0.39 is 6.09 Å². The number of carbonyl (C=O) groups is 1. The predicted molar refractivity (Wildman–Crippen MR) is 52.3 cm³/mol. The summed E-state index contributed by atoms with van der Waals surface area (Å²) in [6, 6.07) is 0. The summed E-state index contributed by atoms with van der Waals surface area (Å²) < 4.78 is 0. The summed E-state index contributed by atoms with van der Waals surface area (Å²) in [5.74, 6) is 0.553. The standard InChI is InChI=1S/C9H18N2O3/c12-6-3-10-7-8-1-4-11(5-2-8)9(13)14/h8,10,12H,1-7H2,(H,13,14). The zero-order valence-electron chi connectivity index (χ0n) is 8.28. The van der Waals surface area contributed by atoms with E-state index in [1.165, 1.54) is 4.90 Å². The van der Waals surface area contributed by atoms with Crippen molar-refractivity contribution >= 4 is 6.09 Å². The number of hydrogen-bond acceptors (Lipinski definition) is 3. The molecule has 14 heavy (non-hydrogen) atoms. The molecule has 0 aliphatic carbocycles. The lowest BCUT2D eigenvalue weighted by molar-refractivity contribution is 0.124. The summed E-state index contributed by atoms with van der Waals surface area (Å²) in [4.78, 5) is 12.1. The zero-order valence-corrected chi connectivity index (χ0v) is 8.28. The largest absolute Gasteiger partial charge is 0.465 e. The monoisotopic (exact) mass is 202 g/mol. The molecule has 0 saturated carbocycles. The Morgan fingerprint density at radius 3 is 2.57 bits per heavy atom. The quantitative estimate of drug-likeness (QED) is 0.559. The van der Waals surface area contributed by atoms with Crippen molar-refractivity contribution in [2.24, 2.45) is 5.92 Å². The molecule has 1 amide bonds. The minimum atomic E-state index is -0.813. The minimum absolute atomic E-state index is 0.161. The van der Waals surface area contributed by atoms with E-state index in [1.807, 2.05) is 0 Å². The maximum atomic E-state index is 10.6. The fraction of sp³-hybridized carbons (Fsp3) is 0.889. The Morgan fingerprint density at radius 2 is 2.07 bits per heavy atom. The fourth-order valence-corrected chi connectivity index (χ4v) is 1.71. The van der Waals surface area contributed by atoms with Crippen molar-refractivity contribution in [3.63, 3.8) is 0 Å². The molecule has 5 heteroatoms. The number of nitrogens with one attached hydrogen (secondary N) is 1. The van der Waals surface area contributed by atoms with Crippen LogP contribution in [0.5, 0.6) is 0 Å². The third-order valence-corrected chi connectivity index (χ3v) is 2.61. The Balaban J connectivity index is 2.12. The third-order valence-electron chi connectivity index (χ3n) is 2.61. The molecule has 1 aliphatic rings. The molecule has 3 N–H and O–H groups in total. The molecule has 0 unspecified atom stereocenters. The predicted octanol–water partition coefficient (Wildman–Crippen LogP) is -0.0417. The van der Waals surface area contributed by atoms with Crippen LogP contribution in [0.15, 0.2) is 0 Å². The SMILES string of the molecule is O=C(O)N1CCC(CNCCO)CC1. The van der Waals surface area contributed by atoms with Gasteiger partial charge in [-0.1, -0.05) is 0 Å². The molecule has 1 heterocycles. The number of amides is 1. The molecule has 0 aromatic rings. The lowest BCUT2D eigenvalue weighted by Gasteiger charge is -2.29. The number of hydrogen-bond donors (Lipinski definition) is 3. The third kappa shape index (κ3) is 3.51. The van der Waals surface area contributed by atoms with Crippen LogP contribution in [0.2, 0.25) is 0 Å². The second kappa shape index (κ2) is 5.82. The average molecular weight is 202 g/mol. The van der Waals surface area contributed by atoms with Crippen LogP contribution < -0.4 is 5.32 Å². The Hall–Kier alpha value is -0.810. The first kappa shape index (κ1) is 11.3. The lowest BCUT2D eigenvalue weighted by Crippen LogP contribution is -2.40. The molecule has 0 spiro atoms. The summed E-state index contributed by atoms with van der Waals surface area (Å²) in [6.07, 6.45) is 1.03. The first-order valence-corrected chi connectivity index (χ1v) is 5.03. The molecular formula is C9H18N2O3. The van der Waals surface area contributed by atoms with Crippen LogP contribution in [0, 0.1) is 5.92 Å². The fourth-order valence-electron chi connectivity index (χ4n) is 1.71. The van der Waals surface area contributed by atoms with Crippen molar-refractivity contribution in [1.82, 2.24) is 10.2 Å². The van der Waals surface area contributed by atoms with Gasteiger partial charge in [-0.3, -0.25) is 0 Å². The molecule has 1 aliphatic heterocycles. The highest BCUT2D eigenvalue weighted by molar-refractivity contribution is 5.64. The van der Waals surface area contributed by atoms with E-state index >= 15 is 0 Å². The van der Waals surface area contributed by atoms with Crippen LogP contribution >= 0.6 is 0 Å². The highest BCUT2D eigenvalue weighted by atomic mass is 16.4.